The highest BCUT2D eigenvalue weighted by molar-refractivity contribution is 7.20. The maximum Gasteiger partial charge on any atom is 0.308 e. The Morgan fingerprint density at radius 3 is 2.86 bits per heavy atom. The lowest BCUT2D eigenvalue weighted by molar-refractivity contribution is -0.143. The number of aliphatic carboxylic acids is 1. The van der Waals surface area contributed by atoms with Crippen LogP contribution in [0, 0.1) is 11.8 Å². The van der Waals surface area contributed by atoms with E-state index >= 15 is 0 Å². The molecule has 116 valence electrons. The van der Waals surface area contributed by atoms with E-state index in [4.69, 9.17) is 0 Å². The molecule has 0 aromatic carbocycles. The van der Waals surface area contributed by atoms with Gasteiger partial charge in [0.05, 0.1) is 10.8 Å². The van der Waals surface area contributed by atoms with Gasteiger partial charge in [-0.1, -0.05) is 13.0 Å². The first-order chi connectivity index (χ1) is 10.5. The van der Waals surface area contributed by atoms with Crippen molar-refractivity contribution >= 4 is 34.6 Å². The van der Waals surface area contributed by atoms with Crippen molar-refractivity contribution < 1.29 is 14.7 Å². The van der Waals surface area contributed by atoms with Crippen LogP contribution in [0.1, 0.15) is 23.8 Å². The van der Waals surface area contributed by atoms with Gasteiger partial charge in [0.1, 0.15) is 10.7 Å². The lowest BCUT2D eigenvalue weighted by Gasteiger charge is -2.34. The number of aromatic nitrogens is 1. The summed E-state index contributed by atoms with van der Waals surface area (Å²) in [6, 6.07) is 3.92. The highest BCUT2D eigenvalue weighted by Crippen LogP contribution is 2.29. The first-order valence-electron chi connectivity index (χ1n) is 7.06. The Morgan fingerprint density at radius 1 is 1.36 bits per heavy atom. The number of piperidine rings is 1. The topological polar surface area (TPSA) is 70.5 Å². The molecule has 7 heteroatoms. The SMILES string of the molecule is CC1CC(C(=O)O)CN(C(=O)c2csc(-c3cccs3)n2)C1. The van der Waals surface area contributed by atoms with Gasteiger partial charge in [0.25, 0.3) is 5.91 Å². The van der Waals surface area contributed by atoms with Crippen LogP contribution in [0.25, 0.3) is 9.88 Å². The van der Waals surface area contributed by atoms with E-state index in [1.807, 2.05) is 24.4 Å². The second-order valence-electron chi connectivity index (χ2n) is 5.60. The first kappa shape index (κ1) is 15.2. The van der Waals surface area contributed by atoms with E-state index in [0.29, 0.717) is 18.7 Å². The number of hydrogen-bond donors (Lipinski definition) is 1. The van der Waals surface area contributed by atoms with Crippen molar-refractivity contribution in [1.82, 2.24) is 9.88 Å². The van der Waals surface area contributed by atoms with E-state index in [-0.39, 0.29) is 18.4 Å². The molecule has 1 fully saturated rings. The summed E-state index contributed by atoms with van der Waals surface area (Å²) in [5.74, 6) is -1.30. The molecule has 0 saturated carbocycles. The molecule has 1 amide bonds. The normalized spacial score (nSPS) is 21.8. The molecule has 3 heterocycles. The van der Waals surface area contributed by atoms with Crippen LogP contribution in [-0.4, -0.2) is 40.0 Å². The number of rotatable bonds is 3. The first-order valence-corrected chi connectivity index (χ1v) is 8.82. The fourth-order valence-corrected chi connectivity index (χ4v) is 4.35. The highest BCUT2D eigenvalue weighted by Gasteiger charge is 2.33. The summed E-state index contributed by atoms with van der Waals surface area (Å²) >= 11 is 3.03. The third-order valence-corrected chi connectivity index (χ3v) is 5.63. The van der Waals surface area contributed by atoms with Crippen LogP contribution >= 0.6 is 22.7 Å². The Balaban J connectivity index is 1.77. The van der Waals surface area contributed by atoms with Crippen molar-refractivity contribution in [2.24, 2.45) is 11.8 Å². The lowest BCUT2D eigenvalue weighted by atomic mass is 9.90. The van der Waals surface area contributed by atoms with E-state index in [0.717, 1.165) is 9.88 Å². The molecule has 1 N–H and O–H groups in total. The molecule has 0 aliphatic carbocycles. The van der Waals surface area contributed by atoms with Gasteiger partial charge in [-0.05, 0) is 23.8 Å². The van der Waals surface area contributed by atoms with Crippen molar-refractivity contribution in [1.29, 1.82) is 0 Å². The minimum absolute atomic E-state index is 0.170. The van der Waals surface area contributed by atoms with Gasteiger partial charge in [-0.2, -0.15) is 0 Å². The van der Waals surface area contributed by atoms with Crippen LogP contribution in [0.3, 0.4) is 0 Å². The van der Waals surface area contributed by atoms with E-state index in [2.05, 4.69) is 4.98 Å². The summed E-state index contributed by atoms with van der Waals surface area (Å²) < 4.78 is 0. The number of thiazole rings is 1. The summed E-state index contributed by atoms with van der Waals surface area (Å²) in [5, 5.41) is 13.8. The Bertz CT molecular complexity index is 681. The van der Waals surface area contributed by atoms with Gasteiger partial charge < -0.3 is 10.0 Å². The summed E-state index contributed by atoms with van der Waals surface area (Å²) in [4.78, 5) is 30.9. The Hall–Kier alpha value is -1.73. The lowest BCUT2D eigenvalue weighted by Crippen LogP contribution is -2.45. The average molecular weight is 336 g/mol. The van der Waals surface area contributed by atoms with Gasteiger partial charge in [0.2, 0.25) is 0 Å². The van der Waals surface area contributed by atoms with Crippen LogP contribution in [0.5, 0.6) is 0 Å². The molecule has 22 heavy (non-hydrogen) atoms. The summed E-state index contributed by atoms with van der Waals surface area (Å²) in [7, 11) is 0. The zero-order valence-corrected chi connectivity index (χ0v) is 13.7. The fourth-order valence-electron chi connectivity index (χ4n) is 2.74. The standard InChI is InChI=1S/C15H16N2O3S2/c1-9-5-10(15(19)20)7-17(6-9)14(18)11-8-22-13(16-11)12-3-2-4-21-12/h2-4,8-10H,5-7H2,1H3,(H,19,20). The van der Waals surface area contributed by atoms with Crippen molar-refractivity contribution in [2.75, 3.05) is 13.1 Å². The molecule has 2 unspecified atom stereocenters. The average Bonchev–Trinajstić information content (AvgIpc) is 3.16. The Morgan fingerprint density at radius 2 is 2.18 bits per heavy atom. The second kappa shape index (κ2) is 6.18. The van der Waals surface area contributed by atoms with E-state index < -0.39 is 11.9 Å². The maximum atomic E-state index is 12.6. The van der Waals surface area contributed by atoms with Crippen LogP contribution in [0.4, 0.5) is 0 Å². The molecule has 0 bridgehead atoms. The van der Waals surface area contributed by atoms with Gasteiger partial charge in [-0.3, -0.25) is 9.59 Å². The van der Waals surface area contributed by atoms with Gasteiger partial charge in [-0.25, -0.2) is 4.98 Å². The molecule has 1 aliphatic heterocycles. The van der Waals surface area contributed by atoms with Crippen molar-refractivity contribution in [2.45, 2.75) is 13.3 Å². The Labute approximate surface area is 136 Å². The number of thiophene rings is 1. The molecule has 2 atom stereocenters. The number of carbonyl (C=O) groups is 2. The van der Waals surface area contributed by atoms with Crippen molar-refractivity contribution in [3.8, 4) is 9.88 Å². The van der Waals surface area contributed by atoms with Gasteiger partial charge in [0, 0.05) is 18.5 Å². The minimum Gasteiger partial charge on any atom is -0.481 e. The number of carboxylic acids is 1. The fraction of sp³-hybridized carbons (Fsp3) is 0.400. The molecule has 5 nitrogen and oxygen atoms in total. The molecular formula is C15H16N2O3S2. The number of likely N-dealkylation sites (tertiary alicyclic amines) is 1. The van der Waals surface area contributed by atoms with Crippen LogP contribution in [0.15, 0.2) is 22.9 Å². The number of carboxylic acid groups (broad SMARTS) is 1. The monoisotopic (exact) mass is 336 g/mol. The summed E-state index contributed by atoms with van der Waals surface area (Å²) in [6.07, 6.45) is 0.622. The molecule has 0 radical (unpaired) electrons. The van der Waals surface area contributed by atoms with Crippen LogP contribution < -0.4 is 0 Å². The summed E-state index contributed by atoms with van der Waals surface area (Å²) in [5.41, 5.74) is 0.409. The van der Waals surface area contributed by atoms with E-state index in [1.54, 1.807) is 21.6 Å². The molecule has 0 spiro atoms. The summed E-state index contributed by atoms with van der Waals surface area (Å²) in [6.45, 7) is 2.84. The zero-order valence-electron chi connectivity index (χ0n) is 12.1. The molecule has 3 rings (SSSR count). The third kappa shape index (κ3) is 3.05. The van der Waals surface area contributed by atoms with E-state index in [9.17, 15) is 14.7 Å². The number of carbonyl (C=O) groups excluding carboxylic acids is 1. The smallest absolute Gasteiger partial charge is 0.308 e. The minimum atomic E-state index is -0.832. The van der Waals surface area contributed by atoms with Crippen molar-refractivity contribution in [3.63, 3.8) is 0 Å². The molecule has 2 aromatic heterocycles. The van der Waals surface area contributed by atoms with Crippen LogP contribution in [0.2, 0.25) is 0 Å². The molecule has 2 aromatic rings. The largest absolute Gasteiger partial charge is 0.481 e. The molecule has 1 saturated heterocycles. The number of nitrogens with zero attached hydrogens (tertiary/aromatic N) is 2. The predicted octanol–water partition coefficient (Wildman–Crippen LogP) is 3.05. The van der Waals surface area contributed by atoms with Crippen LogP contribution in [-0.2, 0) is 4.79 Å². The molecular weight excluding hydrogens is 320 g/mol. The zero-order chi connectivity index (χ0) is 15.7. The predicted molar refractivity (Wildman–Crippen MR) is 86.2 cm³/mol. The van der Waals surface area contributed by atoms with Gasteiger partial charge >= 0.3 is 5.97 Å². The third-order valence-electron chi connectivity index (χ3n) is 3.75. The van der Waals surface area contributed by atoms with Crippen molar-refractivity contribution in [3.05, 3.63) is 28.6 Å². The number of hydrogen-bond acceptors (Lipinski definition) is 5. The molecule has 1 aliphatic rings. The quantitative estimate of drug-likeness (QED) is 0.935. The van der Waals surface area contributed by atoms with E-state index in [1.165, 1.54) is 11.3 Å². The highest BCUT2D eigenvalue weighted by atomic mass is 32.1. The second-order valence-corrected chi connectivity index (χ2v) is 7.41. The van der Waals surface area contributed by atoms with Gasteiger partial charge in [-0.15, -0.1) is 22.7 Å². The Kier molecular flexibility index (Phi) is 4.26. The number of amides is 1. The maximum absolute atomic E-state index is 12.6. The van der Waals surface area contributed by atoms with Gasteiger partial charge in [0.15, 0.2) is 0 Å².